The fourth-order valence-corrected chi connectivity index (χ4v) is 1.82. The monoisotopic (exact) mass is 264 g/mol. The summed E-state index contributed by atoms with van der Waals surface area (Å²) in [5, 5.41) is 8.90. The van der Waals surface area contributed by atoms with Crippen molar-refractivity contribution < 1.29 is 18.7 Å². The molecule has 1 heterocycles. The first-order valence-corrected chi connectivity index (χ1v) is 5.50. The number of hydrogen-bond acceptors (Lipinski definition) is 3. The quantitative estimate of drug-likeness (QED) is 0.920. The minimum absolute atomic E-state index is 0.0390. The second kappa shape index (κ2) is 5.51. The number of benzene rings is 1. The first-order chi connectivity index (χ1) is 9.08. The van der Waals surface area contributed by atoms with Gasteiger partial charge in [0.1, 0.15) is 11.6 Å². The Hall–Kier alpha value is -2.37. The molecule has 0 saturated carbocycles. The number of hydrogen-bond donors (Lipinski definition) is 1. The van der Waals surface area contributed by atoms with E-state index in [1.165, 1.54) is 18.6 Å². The van der Waals surface area contributed by atoms with E-state index in [4.69, 9.17) is 5.11 Å². The van der Waals surface area contributed by atoms with Gasteiger partial charge in [0.25, 0.3) is 0 Å². The third-order valence-electron chi connectivity index (χ3n) is 2.65. The predicted octanol–water partition coefficient (Wildman–Crippen LogP) is 2.36. The molecule has 1 atom stereocenters. The number of aromatic nitrogens is 2. The van der Waals surface area contributed by atoms with E-state index in [0.717, 1.165) is 18.2 Å². The third-order valence-corrected chi connectivity index (χ3v) is 2.65. The van der Waals surface area contributed by atoms with Gasteiger partial charge in [0.2, 0.25) is 0 Å². The molecule has 6 heteroatoms. The number of aliphatic carboxylic acids is 1. The first kappa shape index (κ1) is 13.1. The molecule has 1 N–H and O–H groups in total. The topological polar surface area (TPSA) is 63.1 Å². The van der Waals surface area contributed by atoms with Crippen molar-refractivity contribution in [2.24, 2.45) is 0 Å². The Morgan fingerprint density at radius 1 is 1.32 bits per heavy atom. The lowest BCUT2D eigenvalue weighted by atomic mass is 9.92. The molecule has 0 spiro atoms. The van der Waals surface area contributed by atoms with E-state index in [1.54, 1.807) is 0 Å². The van der Waals surface area contributed by atoms with E-state index in [2.05, 4.69) is 9.97 Å². The van der Waals surface area contributed by atoms with Crippen molar-refractivity contribution in [3.8, 4) is 0 Å². The molecule has 1 unspecified atom stereocenters. The second-order valence-corrected chi connectivity index (χ2v) is 3.95. The van der Waals surface area contributed by atoms with Gasteiger partial charge in [-0.05, 0) is 18.2 Å². The van der Waals surface area contributed by atoms with Gasteiger partial charge in [-0.2, -0.15) is 0 Å². The zero-order valence-electron chi connectivity index (χ0n) is 9.75. The molecule has 1 aromatic carbocycles. The molecule has 2 aromatic rings. The largest absolute Gasteiger partial charge is 0.481 e. The summed E-state index contributed by atoms with van der Waals surface area (Å²) in [6, 6.07) is 2.93. The Labute approximate surface area is 107 Å². The molecule has 1 aromatic heterocycles. The molecular weight excluding hydrogens is 254 g/mol. The molecule has 0 aliphatic heterocycles. The van der Waals surface area contributed by atoms with Crippen LogP contribution in [0.15, 0.2) is 36.8 Å². The molecule has 0 amide bonds. The number of carboxylic acid groups (broad SMARTS) is 1. The molecule has 4 nitrogen and oxygen atoms in total. The Balaban J connectivity index is 2.48. The van der Waals surface area contributed by atoms with Gasteiger partial charge in [0, 0.05) is 30.1 Å². The van der Waals surface area contributed by atoms with Crippen molar-refractivity contribution in [3.63, 3.8) is 0 Å². The zero-order valence-corrected chi connectivity index (χ0v) is 9.75. The van der Waals surface area contributed by atoms with Crippen LogP contribution in [-0.2, 0) is 4.79 Å². The fourth-order valence-electron chi connectivity index (χ4n) is 1.82. The summed E-state index contributed by atoms with van der Waals surface area (Å²) in [5.74, 6) is -3.30. The third kappa shape index (κ3) is 3.09. The van der Waals surface area contributed by atoms with Crippen LogP contribution in [-0.4, -0.2) is 21.0 Å². The van der Waals surface area contributed by atoms with Crippen LogP contribution in [0, 0.1) is 11.6 Å². The van der Waals surface area contributed by atoms with Gasteiger partial charge in [0.05, 0.1) is 12.1 Å². The van der Waals surface area contributed by atoms with Crippen LogP contribution in [0.4, 0.5) is 8.78 Å². The Kier molecular flexibility index (Phi) is 3.79. The highest BCUT2D eigenvalue weighted by atomic mass is 19.1. The van der Waals surface area contributed by atoms with Gasteiger partial charge >= 0.3 is 5.97 Å². The van der Waals surface area contributed by atoms with Crippen LogP contribution in [0.1, 0.15) is 23.6 Å². The van der Waals surface area contributed by atoms with Crippen LogP contribution in [0.5, 0.6) is 0 Å². The van der Waals surface area contributed by atoms with Gasteiger partial charge in [0.15, 0.2) is 0 Å². The Morgan fingerprint density at radius 3 is 2.74 bits per heavy atom. The van der Waals surface area contributed by atoms with Gasteiger partial charge < -0.3 is 5.11 Å². The lowest BCUT2D eigenvalue weighted by Crippen LogP contribution is -2.11. The summed E-state index contributed by atoms with van der Waals surface area (Å²) in [5.41, 5.74) is 0.248. The summed E-state index contributed by atoms with van der Waals surface area (Å²) in [6.07, 6.45) is 3.75. The number of halogens is 2. The van der Waals surface area contributed by atoms with Crippen molar-refractivity contribution in [2.75, 3.05) is 0 Å². The van der Waals surface area contributed by atoms with Crippen LogP contribution in [0.3, 0.4) is 0 Å². The fraction of sp³-hybridized carbons (Fsp3) is 0.154. The van der Waals surface area contributed by atoms with E-state index in [9.17, 15) is 13.6 Å². The number of carbonyl (C=O) groups is 1. The summed E-state index contributed by atoms with van der Waals surface area (Å²) >= 11 is 0. The minimum atomic E-state index is -1.13. The van der Waals surface area contributed by atoms with Crippen LogP contribution in [0.2, 0.25) is 0 Å². The summed E-state index contributed by atoms with van der Waals surface area (Å²) in [6.45, 7) is 0. The lowest BCUT2D eigenvalue weighted by molar-refractivity contribution is -0.137. The smallest absolute Gasteiger partial charge is 0.304 e. The van der Waals surface area contributed by atoms with Crippen molar-refractivity contribution in [3.05, 3.63) is 59.7 Å². The van der Waals surface area contributed by atoms with Crippen LogP contribution < -0.4 is 0 Å². The SMILES string of the molecule is O=C(O)CC(c1cnccn1)c1cc(F)ccc1F. The minimum Gasteiger partial charge on any atom is -0.481 e. The summed E-state index contributed by atoms with van der Waals surface area (Å²) in [4.78, 5) is 18.7. The zero-order chi connectivity index (χ0) is 13.8. The lowest BCUT2D eigenvalue weighted by Gasteiger charge is -2.15. The van der Waals surface area contributed by atoms with Crippen LogP contribution in [0.25, 0.3) is 0 Å². The highest BCUT2D eigenvalue weighted by molar-refractivity contribution is 5.68. The number of nitrogens with zero attached hydrogens (tertiary/aromatic N) is 2. The van der Waals surface area contributed by atoms with E-state index in [1.807, 2.05) is 0 Å². The maximum atomic E-state index is 13.7. The van der Waals surface area contributed by atoms with Crippen LogP contribution >= 0.6 is 0 Å². The Morgan fingerprint density at radius 2 is 2.11 bits per heavy atom. The molecule has 19 heavy (non-hydrogen) atoms. The second-order valence-electron chi connectivity index (χ2n) is 3.95. The van der Waals surface area contributed by atoms with E-state index in [0.29, 0.717) is 0 Å². The average molecular weight is 264 g/mol. The van der Waals surface area contributed by atoms with E-state index >= 15 is 0 Å². The molecular formula is C13H10F2N2O2. The molecule has 0 bridgehead atoms. The van der Waals surface area contributed by atoms with E-state index < -0.39 is 23.5 Å². The predicted molar refractivity (Wildman–Crippen MR) is 62.5 cm³/mol. The normalized spacial score (nSPS) is 12.1. The molecule has 0 saturated heterocycles. The molecule has 0 fully saturated rings. The van der Waals surface area contributed by atoms with Gasteiger partial charge in [-0.15, -0.1) is 0 Å². The highest BCUT2D eigenvalue weighted by Gasteiger charge is 2.23. The van der Waals surface area contributed by atoms with Crippen molar-refractivity contribution in [1.29, 1.82) is 0 Å². The van der Waals surface area contributed by atoms with Gasteiger partial charge in [-0.25, -0.2) is 8.78 Å². The maximum absolute atomic E-state index is 13.7. The van der Waals surface area contributed by atoms with Crippen molar-refractivity contribution in [2.45, 2.75) is 12.3 Å². The van der Waals surface area contributed by atoms with Crippen molar-refractivity contribution >= 4 is 5.97 Å². The number of carboxylic acids is 1. The summed E-state index contributed by atoms with van der Waals surface area (Å²) in [7, 11) is 0. The number of rotatable bonds is 4. The summed E-state index contributed by atoms with van der Waals surface area (Å²) < 4.78 is 27.0. The molecule has 0 radical (unpaired) electrons. The average Bonchev–Trinajstić information content (AvgIpc) is 2.40. The standard InChI is InChI=1S/C13H10F2N2O2/c14-8-1-2-11(15)9(5-8)10(6-13(18)19)12-7-16-3-4-17-12/h1-5,7,10H,6H2,(H,18,19). The molecule has 0 aliphatic carbocycles. The molecule has 0 aliphatic rings. The maximum Gasteiger partial charge on any atom is 0.304 e. The van der Waals surface area contributed by atoms with Crippen molar-refractivity contribution in [1.82, 2.24) is 9.97 Å². The Bertz CT molecular complexity index is 590. The molecule has 2 rings (SSSR count). The van der Waals surface area contributed by atoms with Gasteiger partial charge in [-0.3, -0.25) is 14.8 Å². The first-order valence-electron chi connectivity index (χ1n) is 5.50. The van der Waals surface area contributed by atoms with Gasteiger partial charge in [-0.1, -0.05) is 0 Å². The van der Waals surface area contributed by atoms with E-state index in [-0.39, 0.29) is 17.7 Å². The molecule has 98 valence electrons. The highest BCUT2D eigenvalue weighted by Crippen LogP contribution is 2.28.